The number of imidazole rings is 1. The van der Waals surface area contributed by atoms with Gasteiger partial charge in [-0.25, -0.2) is 4.98 Å². The number of aromatic amines is 1. The van der Waals surface area contributed by atoms with Crippen molar-refractivity contribution < 1.29 is 9.59 Å². The Morgan fingerprint density at radius 1 is 1.45 bits per heavy atom. The smallest absolute Gasteiger partial charge is 0.236 e. The molecule has 1 aromatic rings. The number of aromatic nitrogens is 2. The average Bonchev–Trinajstić information content (AvgIpc) is 3.06. The van der Waals surface area contributed by atoms with E-state index in [4.69, 9.17) is 5.73 Å². The van der Waals surface area contributed by atoms with Crippen molar-refractivity contribution in [2.75, 3.05) is 26.2 Å². The van der Waals surface area contributed by atoms with E-state index in [1.807, 2.05) is 9.80 Å². The standard InChI is InChI=1S/C15H23N5O2/c16-7-15(22)19-5-4-13-11(9-19)1-2-14(21)20(13)6-3-12-8-17-10-18-12/h8,10-11,13H,1-7,9,16H2,(H,17,18)/t11-,13+/m0/s1. The molecule has 2 aliphatic rings. The lowest BCUT2D eigenvalue weighted by Crippen LogP contribution is -2.57. The maximum absolute atomic E-state index is 12.3. The Morgan fingerprint density at radius 3 is 3.05 bits per heavy atom. The Bertz CT molecular complexity index is 530. The molecule has 3 rings (SSSR count). The average molecular weight is 305 g/mol. The molecule has 2 atom stereocenters. The van der Waals surface area contributed by atoms with Crippen LogP contribution in [0.15, 0.2) is 12.5 Å². The summed E-state index contributed by atoms with van der Waals surface area (Å²) in [5, 5.41) is 0. The van der Waals surface area contributed by atoms with Gasteiger partial charge in [-0.15, -0.1) is 0 Å². The van der Waals surface area contributed by atoms with Crippen LogP contribution in [0.4, 0.5) is 0 Å². The second-order valence-corrected chi connectivity index (χ2v) is 6.11. The maximum atomic E-state index is 12.3. The minimum absolute atomic E-state index is 0.0133. The third kappa shape index (κ3) is 2.99. The van der Waals surface area contributed by atoms with Crippen LogP contribution in [-0.4, -0.2) is 63.8 Å². The van der Waals surface area contributed by atoms with Gasteiger partial charge < -0.3 is 20.5 Å². The monoisotopic (exact) mass is 305 g/mol. The molecule has 1 aromatic heterocycles. The summed E-state index contributed by atoms with van der Waals surface area (Å²) in [7, 11) is 0. The molecule has 2 aliphatic heterocycles. The lowest BCUT2D eigenvalue weighted by Gasteiger charge is -2.47. The topological polar surface area (TPSA) is 95.3 Å². The fraction of sp³-hybridized carbons (Fsp3) is 0.667. The minimum Gasteiger partial charge on any atom is -0.348 e. The first kappa shape index (κ1) is 15.0. The molecule has 0 spiro atoms. The number of nitrogens with one attached hydrogen (secondary N) is 1. The van der Waals surface area contributed by atoms with Gasteiger partial charge in [-0.3, -0.25) is 9.59 Å². The number of hydrogen-bond donors (Lipinski definition) is 2. The second-order valence-electron chi connectivity index (χ2n) is 6.11. The molecule has 2 saturated heterocycles. The van der Waals surface area contributed by atoms with Crippen LogP contribution < -0.4 is 5.73 Å². The Morgan fingerprint density at radius 2 is 2.32 bits per heavy atom. The SMILES string of the molecule is NCC(=O)N1CC[C@@H]2[C@@H](CCC(=O)N2CCc2cnc[nH]2)C1. The molecule has 7 heteroatoms. The fourth-order valence-corrected chi connectivity index (χ4v) is 3.66. The first-order valence-corrected chi connectivity index (χ1v) is 7.93. The second kappa shape index (κ2) is 6.48. The maximum Gasteiger partial charge on any atom is 0.236 e. The van der Waals surface area contributed by atoms with Crippen LogP contribution in [0.3, 0.4) is 0 Å². The van der Waals surface area contributed by atoms with Gasteiger partial charge in [0, 0.05) is 50.4 Å². The van der Waals surface area contributed by atoms with Gasteiger partial charge in [-0.2, -0.15) is 0 Å². The number of carbonyl (C=O) groups is 2. The van der Waals surface area contributed by atoms with Crippen molar-refractivity contribution in [1.82, 2.24) is 19.8 Å². The molecule has 0 aliphatic carbocycles. The van der Waals surface area contributed by atoms with Gasteiger partial charge in [0.25, 0.3) is 0 Å². The Hall–Kier alpha value is -1.89. The molecule has 120 valence electrons. The molecular weight excluding hydrogens is 282 g/mol. The summed E-state index contributed by atoms with van der Waals surface area (Å²) in [6.07, 6.45) is 6.56. The molecule has 2 fully saturated rings. The highest BCUT2D eigenvalue weighted by Crippen LogP contribution is 2.31. The van der Waals surface area contributed by atoms with Crippen molar-refractivity contribution in [3.05, 3.63) is 18.2 Å². The predicted molar refractivity (Wildman–Crippen MR) is 80.8 cm³/mol. The molecule has 0 radical (unpaired) electrons. The third-order valence-electron chi connectivity index (χ3n) is 4.85. The van der Waals surface area contributed by atoms with E-state index in [2.05, 4.69) is 9.97 Å². The number of amides is 2. The van der Waals surface area contributed by atoms with Gasteiger partial charge in [0.15, 0.2) is 0 Å². The molecule has 0 aromatic carbocycles. The van der Waals surface area contributed by atoms with Crippen molar-refractivity contribution in [3.63, 3.8) is 0 Å². The number of rotatable bonds is 4. The quantitative estimate of drug-likeness (QED) is 0.802. The number of nitrogens with zero attached hydrogens (tertiary/aromatic N) is 3. The molecular formula is C15H23N5O2. The third-order valence-corrected chi connectivity index (χ3v) is 4.85. The van der Waals surface area contributed by atoms with E-state index in [1.165, 1.54) is 0 Å². The summed E-state index contributed by atoms with van der Waals surface area (Å²) in [4.78, 5) is 35.0. The Kier molecular flexibility index (Phi) is 4.42. The number of nitrogens with two attached hydrogens (primary N) is 1. The largest absolute Gasteiger partial charge is 0.348 e. The van der Waals surface area contributed by atoms with Crippen LogP contribution in [0.1, 0.15) is 25.0 Å². The zero-order valence-corrected chi connectivity index (χ0v) is 12.7. The number of H-pyrrole nitrogens is 1. The molecule has 7 nitrogen and oxygen atoms in total. The first-order chi connectivity index (χ1) is 10.7. The summed E-state index contributed by atoms with van der Waals surface area (Å²) in [5.41, 5.74) is 6.50. The van der Waals surface area contributed by atoms with Gasteiger partial charge in [0.2, 0.25) is 11.8 Å². The van der Waals surface area contributed by atoms with Gasteiger partial charge in [0.1, 0.15) is 0 Å². The first-order valence-electron chi connectivity index (χ1n) is 7.93. The van der Waals surface area contributed by atoms with Crippen LogP contribution in [0.5, 0.6) is 0 Å². The van der Waals surface area contributed by atoms with E-state index in [0.717, 1.165) is 31.5 Å². The van der Waals surface area contributed by atoms with E-state index < -0.39 is 0 Å². The van der Waals surface area contributed by atoms with Crippen molar-refractivity contribution in [3.8, 4) is 0 Å². The summed E-state index contributed by atoms with van der Waals surface area (Å²) in [6.45, 7) is 2.21. The fourth-order valence-electron chi connectivity index (χ4n) is 3.66. The normalized spacial score (nSPS) is 25.2. The van der Waals surface area contributed by atoms with Crippen molar-refractivity contribution in [2.45, 2.75) is 31.7 Å². The van der Waals surface area contributed by atoms with Gasteiger partial charge in [-0.05, 0) is 18.8 Å². The lowest BCUT2D eigenvalue weighted by molar-refractivity contribution is -0.143. The van der Waals surface area contributed by atoms with Crippen LogP contribution in [0, 0.1) is 5.92 Å². The number of likely N-dealkylation sites (tertiary alicyclic amines) is 2. The number of piperidine rings is 2. The van der Waals surface area contributed by atoms with E-state index in [-0.39, 0.29) is 24.4 Å². The molecule has 3 heterocycles. The number of fused-ring (bicyclic) bond motifs is 1. The van der Waals surface area contributed by atoms with Gasteiger partial charge in [0.05, 0.1) is 12.9 Å². The van der Waals surface area contributed by atoms with Crippen molar-refractivity contribution >= 4 is 11.8 Å². The Labute approximate surface area is 129 Å². The number of hydrogen-bond acceptors (Lipinski definition) is 4. The molecule has 2 amide bonds. The summed E-state index contributed by atoms with van der Waals surface area (Å²) < 4.78 is 0. The highest BCUT2D eigenvalue weighted by atomic mass is 16.2. The zero-order valence-electron chi connectivity index (χ0n) is 12.7. The molecule has 22 heavy (non-hydrogen) atoms. The predicted octanol–water partition coefficient (Wildman–Crippen LogP) is -0.250. The van der Waals surface area contributed by atoms with Crippen LogP contribution in [-0.2, 0) is 16.0 Å². The summed E-state index contributed by atoms with van der Waals surface area (Å²) in [6, 6.07) is 0.256. The zero-order chi connectivity index (χ0) is 15.5. The molecule has 0 bridgehead atoms. The highest BCUT2D eigenvalue weighted by Gasteiger charge is 2.39. The summed E-state index contributed by atoms with van der Waals surface area (Å²) in [5.74, 6) is 0.627. The Balaban J connectivity index is 1.63. The molecule has 3 N–H and O–H groups in total. The van der Waals surface area contributed by atoms with Gasteiger partial charge >= 0.3 is 0 Å². The van der Waals surface area contributed by atoms with Crippen molar-refractivity contribution in [2.24, 2.45) is 11.7 Å². The lowest BCUT2D eigenvalue weighted by atomic mass is 9.83. The molecule has 0 unspecified atom stereocenters. The summed E-state index contributed by atoms with van der Waals surface area (Å²) >= 11 is 0. The van der Waals surface area contributed by atoms with Crippen LogP contribution in [0.2, 0.25) is 0 Å². The minimum atomic E-state index is 0.0133. The van der Waals surface area contributed by atoms with Crippen molar-refractivity contribution in [1.29, 1.82) is 0 Å². The van der Waals surface area contributed by atoms with E-state index in [9.17, 15) is 9.59 Å². The number of carbonyl (C=O) groups excluding carboxylic acids is 2. The van der Waals surface area contributed by atoms with Crippen LogP contribution >= 0.6 is 0 Å². The van der Waals surface area contributed by atoms with E-state index in [0.29, 0.717) is 25.4 Å². The van der Waals surface area contributed by atoms with E-state index >= 15 is 0 Å². The highest BCUT2D eigenvalue weighted by molar-refractivity contribution is 5.79. The van der Waals surface area contributed by atoms with Crippen LogP contribution in [0.25, 0.3) is 0 Å². The molecule has 0 saturated carbocycles. The van der Waals surface area contributed by atoms with E-state index in [1.54, 1.807) is 12.5 Å². The van der Waals surface area contributed by atoms with Gasteiger partial charge in [-0.1, -0.05) is 0 Å².